The number of nitrogens with zero attached hydrogens (tertiary/aromatic N) is 1. The van der Waals surface area contributed by atoms with E-state index in [0.717, 1.165) is 25.2 Å². The summed E-state index contributed by atoms with van der Waals surface area (Å²) in [6.45, 7) is 3.81. The van der Waals surface area contributed by atoms with Crippen LogP contribution in [0.3, 0.4) is 0 Å². The van der Waals surface area contributed by atoms with Crippen molar-refractivity contribution in [1.29, 1.82) is 0 Å². The Morgan fingerprint density at radius 2 is 1.96 bits per heavy atom. The lowest BCUT2D eigenvalue weighted by Gasteiger charge is -2.22. The molecule has 1 atom stereocenters. The quantitative estimate of drug-likeness (QED) is 0.704. The molecule has 1 amide bonds. The van der Waals surface area contributed by atoms with E-state index in [9.17, 15) is 4.79 Å². The van der Waals surface area contributed by atoms with Crippen LogP contribution in [0.5, 0.6) is 0 Å². The average Bonchev–Trinajstić information content (AvgIpc) is 3.01. The summed E-state index contributed by atoms with van der Waals surface area (Å²) < 4.78 is 0. The van der Waals surface area contributed by atoms with Gasteiger partial charge in [0, 0.05) is 19.2 Å². The van der Waals surface area contributed by atoms with Crippen LogP contribution in [0.15, 0.2) is 48.5 Å². The van der Waals surface area contributed by atoms with Crippen molar-refractivity contribution >= 4 is 11.6 Å². The number of carbonyl (C=O) groups excluding carboxylic acids is 1. The predicted octanol–water partition coefficient (Wildman–Crippen LogP) is 4.63. The summed E-state index contributed by atoms with van der Waals surface area (Å²) in [6, 6.07) is 17.1. The Labute approximate surface area is 157 Å². The van der Waals surface area contributed by atoms with E-state index in [1.54, 1.807) is 6.92 Å². The molecule has 0 bridgehead atoms. The van der Waals surface area contributed by atoms with Crippen LogP contribution in [-0.2, 0) is 17.6 Å². The molecule has 0 aliphatic heterocycles. The first-order valence-electron chi connectivity index (χ1n) is 9.74. The van der Waals surface area contributed by atoms with Crippen LogP contribution in [0.25, 0.3) is 0 Å². The second-order valence-corrected chi connectivity index (χ2v) is 7.54. The average molecular weight is 351 g/mol. The molecule has 0 heterocycles. The van der Waals surface area contributed by atoms with Crippen LogP contribution in [0, 0.1) is 0 Å². The molecule has 2 aromatic rings. The number of hydrogen-bond donors (Lipinski definition) is 1. The van der Waals surface area contributed by atoms with Gasteiger partial charge in [-0.25, -0.2) is 0 Å². The van der Waals surface area contributed by atoms with Gasteiger partial charge in [0.15, 0.2) is 0 Å². The number of hydrogen-bond acceptors (Lipinski definition) is 2. The highest BCUT2D eigenvalue weighted by molar-refractivity contribution is 5.88. The van der Waals surface area contributed by atoms with Gasteiger partial charge in [0.25, 0.3) is 0 Å². The van der Waals surface area contributed by atoms with Crippen molar-refractivity contribution in [3.05, 3.63) is 65.2 Å². The lowest BCUT2D eigenvalue weighted by molar-refractivity contribution is -0.114. The van der Waals surface area contributed by atoms with E-state index >= 15 is 0 Å². The molecule has 138 valence electrons. The normalized spacial score (nSPS) is 15.9. The number of benzene rings is 2. The molecule has 26 heavy (non-hydrogen) atoms. The van der Waals surface area contributed by atoms with Crippen LogP contribution in [-0.4, -0.2) is 30.9 Å². The van der Waals surface area contributed by atoms with Gasteiger partial charge in [-0.05, 0) is 80.4 Å². The zero-order chi connectivity index (χ0) is 18.4. The summed E-state index contributed by atoms with van der Waals surface area (Å²) in [5.74, 6) is 0.577. The van der Waals surface area contributed by atoms with Crippen LogP contribution < -0.4 is 5.32 Å². The number of rotatable bonds is 8. The molecule has 0 saturated carbocycles. The maximum Gasteiger partial charge on any atom is 0.221 e. The molecule has 1 unspecified atom stereocenters. The minimum absolute atomic E-state index is 0.00460. The lowest BCUT2D eigenvalue weighted by Crippen LogP contribution is -2.25. The van der Waals surface area contributed by atoms with Gasteiger partial charge in [-0.3, -0.25) is 4.79 Å². The van der Waals surface area contributed by atoms with E-state index in [0.29, 0.717) is 5.92 Å². The number of unbranched alkanes of at least 4 members (excludes halogenated alkanes) is 1. The fourth-order valence-corrected chi connectivity index (χ4v) is 3.98. The number of anilines is 1. The summed E-state index contributed by atoms with van der Waals surface area (Å²) in [4.78, 5) is 13.8. The van der Waals surface area contributed by atoms with Gasteiger partial charge in [-0.2, -0.15) is 0 Å². The number of carbonyl (C=O) groups is 1. The summed E-state index contributed by atoms with van der Waals surface area (Å²) in [6.07, 6.45) is 6.01. The molecule has 0 aromatic heterocycles. The van der Waals surface area contributed by atoms with Gasteiger partial charge in [0.05, 0.1) is 0 Å². The van der Waals surface area contributed by atoms with Gasteiger partial charge in [0.1, 0.15) is 0 Å². The van der Waals surface area contributed by atoms with Gasteiger partial charge in [-0.15, -0.1) is 0 Å². The third-order valence-electron chi connectivity index (χ3n) is 5.30. The van der Waals surface area contributed by atoms with E-state index in [-0.39, 0.29) is 5.91 Å². The van der Waals surface area contributed by atoms with Gasteiger partial charge in [-0.1, -0.05) is 36.4 Å². The summed E-state index contributed by atoms with van der Waals surface area (Å²) in [5.41, 5.74) is 5.23. The molecule has 0 spiro atoms. The first kappa shape index (κ1) is 18.7. The van der Waals surface area contributed by atoms with Crippen LogP contribution in [0.1, 0.15) is 48.8 Å². The number of amides is 1. The molecule has 2 aromatic carbocycles. The smallest absolute Gasteiger partial charge is 0.221 e. The van der Waals surface area contributed by atoms with Gasteiger partial charge < -0.3 is 10.2 Å². The maximum absolute atomic E-state index is 11.3. The zero-order valence-electron chi connectivity index (χ0n) is 16.0. The largest absolute Gasteiger partial charge is 0.326 e. The second kappa shape index (κ2) is 9.00. The molecule has 0 saturated heterocycles. The van der Waals surface area contributed by atoms with Crippen LogP contribution in [0.2, 0.25) is 0 Å². The van der Waals surface area contributed by atoms with Gasteiger partial charge in [0.2, 0.25) is 5.91 Å². The Hall–Kier alpha value is -2.13. The SMILES string of the molecule is CC(=O)Nc1ccc2c(c1)C(CN(C)CCCCc1ccccc1)CC2. The van der Waals surface area contributed by atoms with Crippen LogP contribution >= 0.6 is 0 Å². The van der Waals surface area contributed by atoms with E-state index in [1.807, 2.05) is 6.07 Å². The van der Waals surface area contributed by atoms with E-state index in [4.69, 9.17) is 0 Å². The first-order valence-corrected chi connectivity index (χ1v) is 9.74. The molecule has 0 fully saturated rings. The molecule has 0 radical (unpaired) electrons. The van der Waals surface area contributed by atoms with Crippen molar-refractivity contribution in [1.82, 2.24) is 4.90 Å². The fourth-order valence-electron chi connectivity index (χ4n) is 3.98. The van der Waals surface area contributed by atoms with Crippen molar-refractivity contribution < 1.29 is 4.79 Å². The highest BCUT2D eigenvalue weighted by Gasteiger charge is 2.23. The summed E-state index contributed by atoms with van der Waals surface area (Å²) in [7, 11) is 2.23. The topological polar surface area (TPSA) is 32.3 Å². The maximum atomic E-state index is 11.3. The standard InChI is InChI=1S/C23H30N2O/c1-18(26)24-22-14-13-20-11-12-21(23(20)16-22)17-25(2)15-7-6-10-19-8-4-3-5-9-19/h3-5,8-9,13-14,16,21H,6-7,10-12,15,17H2,1-2H3,(H,24,26). The Bertz CT molecular complexity index is 726. The number of nitrogens with one attached hydrogen (secondary N) is 1. The zero-order valence-corrected chi connectivity index (χ0v) is 16.0. The third kappa shape index (κ3) is 5.18. The highest BCUT2D eigenvalue weighted by atomic mass is 16.1. The van der Waals surface area contributed by atoms with Crippen LogP contribution in [0.4, 0.5) is 5.69 Å². The Balaban J connectivity index is 1.47. The molecular weight excluding hydrogens is 320 g/mol. The molecule has 1 N–H and O–H groups in total. The summed E-state index contributed by atoms with van der Waals surface area (Å²) in [5, 5.41) is 2.91. The van der Waals surface area contributed by atoms with Crippen molar-refractivity contribution in [3.8, 4) is 0 Å². The third-order valence-corrected chi connectivity index (χ3v) is 5.30. The van der Waals surface area contributed by atoms with E-state index < -0.39 is 0 Å². The second-order valence-electron chi connectivity index (χ2n) is 7.54. The minimum atomic E-state index is -0.00460. The number of likely N-dealkylation sites (N-methyl/N-ethyl adjacent to an activating group) is 1. The number of aryl methyl sites for hydroxylation is 2. The summed E-state index contributed by atoms with van der Waals surface area (Å²) >= 11 is 0. The van der Waals surface area contributed by atoms with Crippen molar-refractivity contribution in [2.45, 2.75) is 44.9 Å². The van der Waals surface area contributed by atoms with E-state index in [2.05, 4.69) is 59.7 Å². The fraction of sp³-hybridized carbons (Fsp3) is 0.435. The predicted molar refractivity (Wildman–Crippen MR) is 109 cm³/mol. The molecule has 1 aliphatic rings. The Morgan fingerprint density at radius 3 is 2.73 bits per heavy atom. The molecule has 3 rings (SSSR count). The molecule has 1 aliphatic carbocycles. The molecular formula is C23H30N2O. The van der Waals surface area contributed by atoms with Gasteiger partial charge >= 0.3 is 0 Å². The molecule has 3 nitrogen and oxygen atoms in total. The number of fused-ring (bicyclic) bond motifs is 1. The van der Waals surface area contributed by atoms with Crippen molar-refractivity contribution in [3.63, 3.8) is 0 Å². The monoisotopic (exact) mass is 350 g/mol. The van der Waals surface area contributed by atoms with Crippen molar-refractivity contribution in [2.24, 2.45) is 0 Å². The van der Waals surface area contributed by atoms with Crippen molar-refractivity contribution in [2.75, 3.05) is 25.5 Å². The Morgan fingerprint density at radius 1 is 1.15 bits per heavy atom. The highest BCUT2D eigenvalue weighted by Crippen LogP contribution is 2.35. The lowest BCUT2D eigenvalue weighted by atomic mass is 10.00. The Kier molecular flexibility index (Phi) is 6.45. The first-order chi connectivity index (χ1) is 12.6. The molecule has 3 heteroatoms. The van der Waals surface area contributed by atoms with E-state index in [1.165, 1.54) is 42.4 Å². The minimum Gasteiger partial charge on any atom is -0.326 e.